The number of hydrogen-bond acceptors (Lipinski definition) is 4. The fourth-order valence-corrected chi connectivity index (χ4v) is 2.34. The van der Waals surface area contributed by atoms with Gasteiger partial charge in [-0.15, -0.1) is 0 Å². The summed E-state index contributed by atoms with van der Waals surface area (Å²) in [7, 11) is 0. The number of ether oxygens (including phenoxy) is 2. The van der Waals surface area contributed by atoms with Gasteiger partial charge in [0.15, 0.2) is 5.78 Å². The maximum absolute atomic E-state index is 11.8. The van der Waals surface area contributed by atoms with Crippen LogP contribution in [0.3, 0.4) is 0 Å². The average molecular weight is 392 g/mol. The van der Waals surface area contributed by atoms with Crippen molar-refractivity contribution in [2.24, 2.45) is 0 Å². The summed E-state index contributed by atoms with van der Waals surface area (Å²) in [6.07, 6.45) is -0.592. The number of hydrogen-bond donors (Lipinski definition) is 1. The number of anilines is 1. The Morgan fingerprint density at radius 1 is 1.12 bits per heavy atom. The normalized spacial score (nSPS) is 10.1. The molecule has 2 rings (SSSR count). The molecule has 0 saturated heterocycles. The Hall–Kier alpha value is -2.34. The molecule has 0 unspecified atom stereocenters. The molecule has 2 aromatic rings. The molecule has 0 saturated carbocycles. The Morgan fingerprint density at radius 2 is 1.88 bits per heavy atom. The van der Waals surface area contributed by atoms with E-state index < -0.39 is 6.09 Å². The van der Waals surface area contributed by atoms with Crippen molar-refractivity contribution in [2.45, 2.75) is 13.5 Å². The van der Waals surface area contributed by atoms with Gasteiger partial charge in [0, 0.05) is 5.56 Å². The largest absolute Gasteiger partial charge is 0.487 e. The van der Waals surface area contributed by atoms with E-state index in [0.717, 1.165) is 5.56 Å². The van der Waals surface area contributed by atoms with Crippen molar-refractivity contribution in [1.29, 1.82) is 0 Å². The van der Waals surface area contributed by atoms with Gasteiger partial charge in [-0.05, 0) is 30.7 Å². The van der Waals surface area contributed by atoms with Crippen LogP contribution in [-0.2, 0) is 11.3 Å². The van der Waals surface area contributed by atoms with Gasteiger partial charge in [-0.1, -0.05) is 46.3 Å². The van der Waals surface area contributed by atoms with Crippen molar-refractivity contribution < 1.29 is 19.1 Å². The third kappa shape index (κ3) is 5.09. The highest BCUT2D eigenvalue weighted by atomic mass is 79.9. The number of amides is 1. The maximum Gasteiger partial charge on any atom is 0.411 e. The predicted molar refractivity (Wildman–Crippen MR) is 96.0 cm³/mol. The average Bonchev–Trinajstić information content (AvgIpc) is 2.61. The zero-order chi connectivity index (χ0) is 17.4. The summed E-state index contributed by atoms with van der Waals surface area (Å²) in [5.74, 6) is 0.384. The molecule has 2 aromatic carbocycles. The fraction of sp³-hybridized carbons (Fsp3) is 0.222. The molecular formula is C18H18BrNO4. The van der Waals surface area contributed by atoms with Crippen LogP contribution in [0.4, 0.5) is 10.5 Å². The van der Waals surface area contributed by atoms with Gasteiger partial charge in [0.1, 0.15) is 12.4 Å². The minimum atomic E-state index is -0.592. The van der Waals surface area contributed by atoms with Gasteiger partial charge < -0.3 is 9.47 Å². The van der Waals surface area contributed by atoms with Crippen molar-refractivity contribution in [1.82, 2.24) is 0 Å². The Kier molecular flexibility index (Phi) is 6.81. The third-order valence-corrected chi connectivity index (χ3v) is 3.68. The second-order valence-corrected chi connectivity index (χ2v) is 5.45. The molecule has 1 N–H and O–H groups in total. The summed E-state index contributed by atoms with van der Waals surface area (Å²) in [6, 6.07) is 14.6. The van der Waals surface area contributed by atoms with Crippen LogP contribution in [0.1, 0.15) is 22.8 Å². The minimum absolute atomic E-state index is 0.0866. The molecule has 0 aromatic heterocycles. The standard InChI is InChI=1S/C18H18BrNO4/c1-2-23-18(22)20-15-10-14(16(21)11-19)8-9-17(15)24-12-13-6-4-3-5-7-13/h3-10H,2,11-12H2,1H3,(H,20,22). The third-order valence-electron chi connectivity index (χ3n) is 3.17. The van der Waals surface area contributed by atoms with E-state index >= 15 is 0 Å². The van der Waals surface area contributed by atoms with Crippen LogP contribution in [0.15, 0.2) is 48.5 Å². The van der Waals surface area contributed by atoms with Gasteiger partial charge in [-0.3, -0.25) is 10.1 Å². The van der Waals surface area contributed by atoms with Gasteiger partial charge in [0.05, 0.1) is 17.6 Å². The first-order valence-corrected chi connectivity index (χ1v) is 8.60. The number of rotatable bonds is 7. The second kappa shape index (κ2) is 9.08. The summed E-state index contributed by atoms with van der Waals surface area (Å²) in [6.45, 7) is 2.33. The lowest BCUT2D eigenvalue weighted by Crippen LogP contribution is -2.15. The number of benzene rings is 2. The van der Waals surface area contributed by atoms with Crippen LogP contribution < -0.4 is 10.1 Å². The van der Waals surface area contributed by atoms with Gasteiger partial charge in [-0.2, -0.15) is 0 Å². The van der Waals surface area contributed by atoms with Crippen molar-refractivity contribution in [3.8, 4) is 5.75 Å². The molecule has 0 bridgehead atoms. The van der Waals surface area contributed by atoms with Crippen LogP contribution >= 0.6 is 15.9 Å². The number of nitrogens with one attached hydrogen (secondary N) is 1. The summed E-state index contributed by atoms with van der Waals surface area (Å²) >= 11 is 3.14. The van der Waals surface area contributed by atoms with Crippen molar-refractivity contribution in [3.63, 3.8) is 0 Å². The van der Waals surface area contributed by atoms with E-state index in [9.17, 15) is 9.59 Å². The van der Waals surface area contributed by atoms with E-state index in [-0.39, 0.29) is 17.7 Å². The van der Waals surface area contributed by atoms with E-state index in [0.29, 0.717) is 23.6 Å². The molecule has 0 spiro atoms. The summed E-state index contributed by atoms with van der Waals surface area (Å²) in [5, 5.41) is 2.82. The minimum Gasteiger partial charge on any atom is -0.487 e. The Morgan fingerprint density at radius 3 is 2.54 bits per heavy atom. The molecule has 126 valence electrons. The Labute approximate surface area is 149 Å². The van der Waals surface area contributed by atoms with E-state index in [2.05, 4.69) is 21.2 Å². The van der Waals surface area contributed by atoms with Crippen LogP contribution in [0.25, 0.3) is 0 Å². The highest BCUT2D eigenvalue weighted by Crippen LogP contribution is 2.27. The molecule has 6 heteroatoms. The first kappa shape index (κ1) is 18.0. The molecule has 0 aliphatic carbocycles. The highest BCUT2D eigenvalue weighted by molar-refractivity contribution is 9.09. The number of carbonyl (C=O) groups is 2. The van der Waals surface area contributed by atoms with Crippen LogP contribution in [0.2, 0.25) is 0 Å². The molecule has 0 heterocycles. The lowest BCUT2D eigenvalue weighted by Gasteiger charge is -2.14. The summed E-state index contributed by atoms with van der Waals surface area (Å²) in [4.78, 5) is 23.5. The molecule has 0 aliphatic rings. The van der Waals surface area contributed by atoms with Crippen molar-refractivity contribution >= 4 is 33.5 Å². The smallest absolute Gasteiger partial charge is 0.411 e. The predicted octanol–water partition coefficient (Wildman–Crippen LogP) is 4.41. The molecular weight excluding hydrogens is 374 g/mol. The van der Waals surface area contributed by atoms with Crippen molar-refractivity contribution in [2.75, 3.05) is 17.3 Å². The number of alkyl halides is 1. The van der Waals surface area contributed by atoms with Gasteiger partial charge in [0.25, 0.3) is 0 Å². The lowest BCUT2D eigenvalue weighted by atomic mass is 10.1. The number of ketones is 1. The fourth-order valence-electron chi connectivity index (χ4n) is 2.02. The first-order chi connectivity index (χ1) is 11.6. The van der Waals surface area contributed by atoms with E-state index in [1.54, 1.807) is 25.1 Å². The Balaban J connectivity index is 2.20. The first-order valence-electron chi connectivity index (χ1n) is 7.47. The number of halogens is 1. The van der Waals surface area contributed by atoms with Gasteiger partial charge >= 0.3 is 6.09 Å². The topological polar surface area (TPSA) is 64.6 Å². The molecule has 0 aliphatic heterocycles. The number of carbonyl (C=O) groups excluding carboxylic acids is 2. The molecule has 5 nitrogen and oxygen atoms in total. The molecule has 0 atom stereocenters. The number of Topliss-reactive ketones (excluding diaryl/α,β-unsaturated/α-hetero) is 1. The molecule has 0 radical (unpaired) electrons. The molecule has 24 heavy (non-hydrogen) atoms. The Bertz CT molecular complexity index is 703. The summed E-state index contributed by atoms with van der Waals surface area (Å²) in [5.41, 5.74) is 1.88. The van der Waals surface area contributed by atoms with Crippen molar-refractivity contribution in [3.05, 3.63) is 59.7 Å². The zero-order valence-electron chi connectivity index (χ0n) is 13.3. The highest BCUT2D eigenvalue weighted by Gasteiger charge is 2.13. The monoisotopic (exact) mass is 391 g/mol. The quantitative estimate of drug-likeness (QED) is 0.560. The van der Waals surface area contributed by atoms with Gasteiger partial charge in [-0.25, -0.2) is 4.79 Å². The van der Waals surface area contributed by atoms with E-state index in [1.807, 2.05) is 30.3 Å². The van der Waals surface area contributed by atoms with E-state index in [1.165, 1.54) is 0 Å². The van der Waals surface area contributed by atoms with Crippen LogP contribution in [0.5, 0.6) is 5.75 Å². The molecule has 0 fully saturated rings. The zero-order valence-corrected chi connectivity index (χ0v) is 14.8. The SMILES string of the molecule is CCOC(=O)Nc1cc(C(=O)CBr)ccc1OCc1ccccc1. The van der Waals surface area contributed by atoms with E-state index in [4.69, 9.17) is 9.47 Å². The van der Waals surface area contributed by atoms with Crippen LogP contribution in [0, 0.1) is 0 Å². The molecule has 1 amide bonds. The lowest BCUT2D eigenvalue weighted by molar-refractivity contribution is 0.102. The summed E-state index contributed by atoms with van der Waals surface area (Å²) < 4.78 is 10.7. The van der Waals surface area contributed by atoms with Crippen LogP contribution in [-0.4, -0.2) is 23.8 Å². The second-order valence-electron chi connectivity index (χ2n) is 4.89. The van der Waals surface area contributed by atoms with Gasteiger partial charge in [0.2, 0.25) is 0 Å². The maximum atomic E-state index is 11.8.